The highest BCUT2D eigenvalue weighted by atomic mass is 35.5. The Morgan fingerprint density at radius 3 is 1.93 bits per heavy atom. The second-order valence-electron chi connectivity index (χ2n) is 6.24. The predicted octanol–water partition coefficient (Wildman–Crippen LogP) is 4.51. The molecule has 3 aromatic rings. The normalized spacial score (nSPS) is 11.1. The van der Waals surface area contributed by atoms with E-state index in [1.165, 1.54) is 24.3 Å². The maximum atomic E-state index is 12.4. The lowest BCUT2D eigenvalue weighted by atomic mass is 10.2. The number of nitrogens with one attached hydrogen (secondary N) is 3. The highest BCUT2D eigenvalue weighted by Gasteiger charge is 2.13. The third-order valence-electron chi connectivity index (χ3n) is 4.07. The minimum absolute atomic E-state index is 0.134. The fraction of sp³-hybridized carbons (Fsp3) is 0.0952. The lowest BCUT2D eigenvalue weighted by Crippen LogP contribution is -2.26. The van der Waals surface area contributed by atoms with E-state index in [0.717, 1.165) is 5.56 Å². The molecule has 0 aliphatic heterocycles. The number of hydrogen-bond acceptors (Lipinski definition) is 3. The first-order valence-electron chi connectivity index (χ1n) is 8.90. The van der Waals surface area contributed by atoms with Gasteiger partial charge in [-0.1, -0.05) is 41.9 Å². The quantitative estimate of drug-likeness (QED) is 0.516. The molecule has 150 valence electrons. The minimum atomic E-state index is -3.62. The van der Waals surface area contributed by atoms with Crippen molar-refractivity contribution in [1.29, 1.82) is 0 Å². The largest absolute Gasteiger partial charge is 0.323 e. The van der Waals surface area contributed by atoms with E-state index in [9.17, 15) is 13.2 Å². The molecule has 0 bridgehead atoms. The molecule has 0 aliphatic carbocycles. The van der Waals surface area contributed by atoms with E-state index in [2.05, 4.69) is 15.4 Å². The Morgan fingerprint density at radius 1 is 0.793 bits per heavy atom. The summed E-state index contributed by atoms with van der Waals surface area (Å²) in [5, 5.41) is 5.89. The number of rotatable bonds is 7. The van der Waals surface area contributed by atoms with E-state index in [1.807, 2.05) is 30.3 Å². The maximum Gasteiger partial charge on any atom is 0.323 e. The Labute approximate surface area is 175 Å². The van der Waals surface area contributed by atoms with Crippen molar-refractivity contribution < 1.29 is 13.2 Å². The molecule has 8 heteroatoms. The van der Waals surface area contributed by atoms with Crippen LogP contribution >= 0.6 is 11.6 Å². The van der Waals surface area contributed by atoms with E-state index in [-0.39, 0.29) is 4.90 Å². The summed E-state index contributed by atoms with van der Waals surface area (Å²) in [5.41, 5.74) is 2.12. The van der Waals surface area contributed by atoms with Crippen molar-refractivity contribution in [3.8, 4) is 0 Å². The van der Waals surface area contributed by atoms with Crippen molar-refractivity contribution in [1.82, 2.24) is 4.72 Å². The first-order chi connectivity index (χ1) is 13.9. The van der Waals surface area contributed by atoms with Gasteiger partial charge in [-0.3, -0.25) is 0 Å². The van der Waals surface area contributed by atoms with E-state index in [0.29, 0.717) is 29.4 Å². The molecule has 2 amide bonds. The molecular formula is C21H20ClN3O3S. The monoisotopic (exact) mass is 429 g/mol. The molecule has 0 saturated heterocycles. The number of urea groups is 1. The summed E-state index contributed by atoms with van der Waals surface area (Å²) in [7, 11) is -3.62. The third-order valence-corrected chi connectivity index (χ3v) is 5.80. The number of carbonyl (C=O) groups is 1. The van der Waals surface area contributed by atoms with Crippen LogP contribution in [0.25, 0.3) is 0 Å². The summed E-state index contributed by atoms with van der Waals surface area (Å²) in [6, 6.07) is 21.9. The van der Waals surface area contributed by atoms with Crippen molar-refractivity contribution in [3.63, 3.8) is 0 Å². The molecule has 0 unspecified atom stereocenters. The lowest BCUT2D eigenvalue weighted by molar-refractivity contribution is 0.262. The van der Waals surface area contributed by atoms with Gasteiger partial charge in [-0.05, 0) is 60.5 Å². The highest BCUT2D eigenvalue weighted by Crippen LogP contribution is 2.16. The summed E-state index contributed by atoms with van der Waals surface area (Å²) in [6.45, 7) is 0.301. The van der Waals surface area contributed by atoms with Crippen LogP contribution in [0, 0.1) is 0 Å². The van der Waals surface area contributed by atoms with Gasteiger partial charge in [0.1, 0.15) is 0 Å². The Kier molecular flexibility index (Phi) is 6.87. The first-order valence-corrected chi connectivity index (χ1v) is 10.8. The maximum absolute atomic E-state index is 12.4. The predicted molar refractivity (Wildman–Crippen MR) is 116 cm³/mol. The Balaban J connectivity index is 1.54. The molecule has 0 atom stereocenters. The second kappa shape index (κ2) is 9.56. The first kappa shape index (κ1) is 20.9. The third kappa shape index (κ3) is 6.32. The Hall–Kier alpha value is -2.87. The molecule has 0 heterocycles. The molecule has 0 saturated carbocycles. The number of sulfonamides is 1. The molecule has 29 heavy (non-hydrogen) atoms. The van der Waals surface area contributed by atoms with Gasteiger partial charge in [0.15, 0.2) is 0 Å². The van der Waals surface area contributed by atoms with E-state index in [4.69, 9.17) is 11.6 Å². The zero-order valence-corrected chi connectivity index (χ0v) is 17.0. The van der Waals surface area contributed by atoms with Crippen molar-refractivity contribution in [3.05, 3.63) is 89.4 Å². The van der Waals surface area contributed by atoms with E-state index in [1.54, 1.807) is 24.3 Å². The minimum Gasteiger partial charge on any atom is -0.308 e. The van der Waals surface area contributed by atoms with Gasteiger partial charge in [0.05, 0.1) is 4.90 Å². The average Bonchev–Trinajstić information content (AvgIpc) is 2.71. The van der Waals surface area contributed by atoms with Gasteiger partial charge in [0, 0.05) is 22.9 Å². The van der Waals surface area contributed by atoms with Crippen LogP contribution in [-0.2, 0) is 16.4 Å². The number of anilines is 2. The summed E-state index contributed by atoms with van der Waals surface area (Å²) in [6.07, 6.45) is 0.602. The highest BCUT2D eigenvalue weighted by molar-refractivity contribution is 7.89. The zero-order valence-electron chi connectivity index (χ0n) is 15.4. The van der Waals surface area contributed by atoms with Gasteiger partial charge in [0.25, 0.3) is 0 Å². The van der Waals surface area contributed by atoms with Gasteiger partial charge in [-0.25, -0.2) is 17.9 Å². The topological polar surface area (TPSA) is 87.3 Å². The van der Waals surface area contributed by atoms with Crippen LogP contribution in [0.2, 0.25) is 5.02 Å². The summed E-state index contributed by atoms with van der Waals surface area (Å²) >= 11 is 5.81. The van der Waals surface area contributed by atoms with Gasteiger partial charge in [-0.15, -0.1) is 0 Å². The van der Waals surface area contributed by atoms with Crippen LogP contribution < -0.4 is 15.4 Å². The van der Waals surface area contributed by atoms with Crippen molar-refractivity contribution in [2.24, 2.45) is 0 Å². The van der Waals surface area contributed by atoms with Crippen molar-refractivity contribution in [2.45, 2.75) is 11.3 Å². The smallest absolute Gasteiger partial charge is 0.308 e. The standard InChI is InChI=1S/C21H20ClN3O3S/c22-17-6-8-18(9-7-17)24-21(26)25-19-10-12-20(13-11-19)29(27,28)23-15-14-16-4-2-1-3-5-16/h1-13,23H,14-15H2,(H2,24,25,26). The Morgan fingerprint density at radius 2 is 1.34 bits per heavy atom. The van der Waals surface area contributed by atoms with E-state index < -0.39 is 16.1 Å². The van der Waals surface area contributed by atoms with Crippen LogP contribution in [0.3, 0.4) is 0 Å². The molecular weight excluding hydrogens is 410 g/mol. The Bertz CT molecular complexity index is 1050. The van der Waals surface area contributed by atoms with Gasteiger partial charge >= 0.3 is 6.03 Å². The van der Waals surface area contributed by atoms with Gasteiger partial charge in [-0.2, -0.15) is 0 Å². The molecule has 0 radical (unpaired) electrons. The number of amides is 2. The second-order valence-corrected chi connectivity index (χ2v) is 8.45. The van der Waals surface area contributed by atoms with Crippen LogP contribution in [0.1, 0.15) is 5.56 Å². The molecule has 3 rings (SSSR count). The van der Waals surface area contributed by atoms with Gasteiger partial charge < -0.3 is 10.6 Å². The summed E-state index contributed by atoms with van der Waals surface area (Å²) in [4.78, 5) is 12.2. The van der Waals surface area contributed by atoms with Gasteiger partial charge in [0.2, 0.25) is 10.0 Å². The molecule has 0 spiro atoms. The number of halogens is 1. The summed E-state index contributed by atoms with van der Waals surface area (Å²) in [5.74, 6) is 0. The van der Waals surface area contributed by atoms with Crippen molar-refractivity contribution >= 4 is 39.0 Å². The van der Waals surface area contributed by atoms with Crippen LogP contribution in [0.4, 0.5) is 16.2 Å². The number of benzene rings is 3. The van der Waals surface area contributed by atoms with Crippen LogP contribution in [-0.4, -0.2) is 21.0 Å². The number of carbonyl (C=O) groups excluding carboxylic acids is 1. The lowest BCUT2D eigenvalue weighted by Gasteiger charge is -2.10. The average molecular weight is 430 g/mol. The molecule has 0 fully saturated rings. The fourth-order valence-corrected chi connectivity index (χ4v) is 3.76. The van der Waals surface area contributed by atoms with Crippen LogP contribution in [0.15, 0.2) is 83.8 Å². The molecule has 3 aromatic carbocycles. The zero-order chi connectivity index (χ0) is 20.7. The SMILES string of the molecule is O=C(Nc1ccc(Cl)cc1)Nc1ccc(S(=O)(=O)NCCc2ccccc2)cc1. The summed E-state index contributed by atoms with van der Waals surface area (Å²) < 4.78 is 27.4. The molecule has 3 N–H and O–H groups in total. The number of hydrogen-bond donors (Lipinski definition) is 3. The van der Waals surface area contributed by atoms with Crippen molar-refractivity contribution in [2.75, 3.05) is 17.2 Å². The molecule has 0 aromatic heterocycles. The fourth-order valence-electron chi connectivity index (χ4n) is 2.60. The molecule has 0 aliphatic rings. The van der Waals surface area contributed by atoms with Crippen LogP contribution in [0.5, 0.6) is 0 Å². The van der Waals surface area contributed by atoms with E-state index >= 15 is 0 Å². The molecule has 6 nitrogen and oxygen atoms in total.